The Bertz CT molecular complexity index is 1090. The van der Waals surface area contributed by atoms with E-state index in [1.165, 1.54) is 18.2 Å². The van der Waals surface area contributed by atoms with E-state index in [0.717, 1.165) is 0 Å². The lowest BCUT2D eigenvalue weighted by atomic mass is 10.1. The summed E-state index contributed by atoms with van der Waals surface area (Å²) in [5.41, 5.74) is 0.628. The molecule has 0 bridgehead atoms. The van der Waals surface area contributed by atoms with Gasteiger partial charge >= 0.3 is 0 Å². The third-order valence-corrected chi connectivity index (χ3v) is 4.51. The Kier molecular flexibility index (Phi) is 6.61. The first-order valence-corrected chi connectivity index (χ1v) is 9.39. The zero-order valence-electron chi connectivity index (χ0n) is 16.9. The lowest BCUT2D eigenvalue weighted by Crippen LogP contribution is -2.23. The van der Waals surface area contributed by atoms with Gasteiger partial charge in [-0.1, -0.05) is 12.1 Å². The van der Waals surface area contributed by atoms with Crippen LogP contribution in [-0.2, 0) is 0 Å². The number of carbonyl (C=O) groups is 2. The van der Waals surface area contributed by atoms with Crippen LogP contribution in [0, 0.1) is 10.1 Å². The van der Waals surface area contributed by atoms with E-state index in [4.69, 9.17) is 9.47 Å². The molecule has 3 rings (SSSR count). The Labute approximate surface area is 178 Å². The van der Waals surface area contributed by atoms with Gasteiger partial charge in [-0.2, -0.15) is 0 Å². The summed E-state index contributed by atoms with van der Waals surface area (Å²) in [5.74, 6) is 0.321. The topological polar surface area (TPSA) is 108 Å². The Hall–Kier alpha value is -4.20. The summed E-state index contributed by atoms with van der Waals surface area (Å²) in [7, 11) is 1.55. The highest BCUT2D eigenvalue weighted by molar-refractivity contribution is 6.07. The number of hydrogen-bond donors (Lipinski definition) is 1. The van der Waals surface area contributed by atoms with Crippen LogP contribution in [-0.4, -0.2) is 29.8 Å². The first-order valence-electron chi connectivity index (χ1n) is 9.39. The molecule has 0 saturated heterocycles. The number of anilines is 1. The van der Waals surface area contributed by atoms with Gasteiger partial charge in [-0.25, -0.2) is 0 Å². The molecule has 3 aromatic carbocycles. The fraction of sp³-hybridized carbons (Fsp3) is 0.130. The number of carbonyl (C=O) groups excluding carboxylic acids is 2. The highest BCUT2D eigenvalue weighted by Crippen LogP contribution is 2.22. The van der Waals surface area contributed by atoms with E-state index in [1.807, 2.05) is 0 Å². The van der Waals surface area contributed by atoms with E-state index in [2.05, 4.69) is 5.32 Å². The number of methoxy groups -OCH3 is 1. The van der Waals surface area contributed by atoms with E-state index in [9.17, 15) is 19.7 Å². The minimum atomic E-state index is -0.721. The summed E-state index contributed by atoms with van der Waals surface area (Å²) in [6.07, 6.45) is -0.721. The number of benzene rings is 3. The van der Waals surface area contributed by atoms with Crippen molar-refractivity contribution in [2.24, 2.45) is 0 Å². The molecular weight excluding hydrogens is 400 g/mol. The van der Waals surface area contributed by atoms with Gasteiger partial charge in [-0.15, -0.1) is 0 Å². The Morgan fingerprint density at radius 2 is 1.55 bits per heavy atom. The highest BCUT2D eigenvalue weighted by Gasteiger charge is 2.20. The van der Waals surface area contributed by atoms with Crippen molar-refractivity contribution in [2.75, 3.05) is 12.4 Å². The number of para-hydroxylation sites is 1. The smallest absolute Gasteiger partial charge is 0.282 e. The monoisotopic (exact) mass is 420 g/mol. The molecule has 3 aromatic rings. The average molecular weight is 420 g/mol. The Morgan fingerprint density at radius 1 is 0.935 bits per heavy atom. The number of nitrogens with zero attached hydrogens (tertiary/aromatic N) is 1. The van der Waals surface area contributed by atoms with E-state index in [1.54, 1.807) is 68.6 Å². The van der Waals surface area contributed by atoms with Crippen LogP contribution in [0.2, 0.25) is 0 Å². The van der Waals surface area contributed by atoms with E-state index in [-0.39, 0.29) is 17.0 Å². The summed E-state index contributed by atoms with van der Waals surface area (Å²) in [5, 5.41) is 13.7. The minimum absolute atomic E-state index is 0.0356. The van der Waals surface area contributed by atoms with Crippen LogP contribution in [0.25, 0.3) is 0 Å². The molecule has 0 aliphatic heterocycles. The lowest BCUT2D eigenvalue weighted by Gasteiger charge is -2.14. The zero-order chi connectivity index (χ0) is 22.4. The third-order valence-electron chi connectivity index (χ3n) is 4.51. The first-order chi connectivity index (χ1) is 14.9. The molecule has 0 aliphatic rings. The van der Waals surface area contributed by atoms with Crippen LogP contribution >= 0.6 is 0 Å². The quantitative estimate of drug-likeness (QED) is 0.326. The van der Waals surface area contributed by atoms with Gasteiger partial charge in [-0.05, 0) is 61.5 Å². The molecule has 1 atom stereocenters. The Morgan fingerprint density at radius 3 is 2.16 bits per heavy atom. The van der Waals surface area contributed by atoms with Crippen molar-refractivity contribution in [2.45, 2.75) is 13.0 Å². The van der Waals surface area contributed by atoms with E-state index >= 15 is 0 Å². The van der Waals surface area contributed by atoms with Crippen molar-refractivity contribution in [1.29, 1.82) is 0 Å². The fourth-order valence-electron chi connectivity index (χ4n) is 2.89. The van der Waals surface area contributed by atoms with Crippen LogP contribution in [0.5, 0.6) is 11.5 Å². The molecule has 0 aromatic heterocycles. The maximum Gasteiger partial charge on any atom is 0.282 e. The molecule has 0 radical (unpaired) electrons. The van der Waals surface area contributed by atoms with Gasteiger partial charge in [0.25, 0.3) is 11.6 Å². The number of ether oxygens (including phenoxy) is 2. The molecular formula is C23H20N2O6. The van der Waals surface area contributed by atoms with Crippen LogP contribution in [0.15, 0.2) is 72.8 Å². The fourth-order valence-corrected chi connectivity index (χ4v) is 2.89. The maximum atomic E-state index is 12.5. The number of rotatable bonds is 8. The van der Waals surface area contributed by atoms with Crippen LogP contribution in [0.1, 0.15) is 27.6 Å². The van der Waals surface area contributed by atoms with Gasteiger partial charge in [0.15, 0.2) is 6.10 Å². The third kappa shape index (κ3) is 5.24. The largest absolute Gasteiger partial charge is 0.497 e. The standard InChI is InChI=1S/C23H20N2O6/c1-15(22(26)16-7-11-18(30-2)12-8-16)31-19-13-9-17(10-14-19)24-23(27)20-5-3-4-6-21(20)25(28)29/h3-15H,1-2H3,(H,24,27). The second-order valence-electron chi connectivity index (χ2n) is 6.61. The highest BCUT2D eigenvalue weighted by atomic mass is 16.6. The van der Waals surface area contributed by atoms with Crippen molar-refractivity contribution in [1.82, 2.24) is 0 Å². The maximum absolute atomic E-state index is 12.5. The normalized spacial score (nSPS) is 11.3. The second-order valence-corrected chi connectivity index (χ2v) is 6.61. The SMILES string of the molecule is COc1ccc(C(=O)C(C)Oc2ccc(NC(=O)c3ccccc3[N+](=O)[O-])cc2)cc1. The van der Waals surface area contributed by atoms with Crippen molar-refractivity contribution in [3.8, 4) is 11.5 Å². The van der Waals surface area contributed by atoms with Crippen molar-refractivity contribution in [3.05, 3.63) is 94.0 Å². The lowest BCUT2D eigenvalue weighted by molar-refractivity contribution is -0.385. The number of ketones is 1. The van der Waals surface area contributed by atoms with Gasteiger partial charge in [0.05, 0.1) is 12.0 Å². The Balaban J connectivity index is 1.64. The molecule has 0 fully saturated rings. The number of nitro benzene ring substituents is 1. The molecule has 158 valence electrons. The molecule has 8 heteroatoms. The van der Waals surface area contributed by atoms with Crippen molar-refractivity contribution in [3.63, 3.8) is 0 Å². The van der Waals surface area contributed by atoms with Gasteiger partial charge in [0.1, 0.15) is 17.1 Å². The molecule has 0 aliphatic carbocycles. The number of hydrogen-bond acceptors (Lipinski definition) is 6. The summed E-state index contributed by atoms with van der Waals surface area (Å²) < 4.78 is 10.8. The number of amides is 1. The van der Waals surface area contributed by atoms with Gasteiger partial charge in [-0.3, -0.25) is 19.7 Å². The van der Waals surface area contributed by atoms with Crippen molar-refractivity contribution < 1.29 is 24.0 Å². The molecule has 0 spiro atoms. The molecule has 0 saturated carbocycles. The average Bonchev–Trinajstić information content (AvgIpc) is 2.79. The van der Waals surface area contributed by atoms with Crippen LogP contribution < -0.4 is 14.8 Å². The molecule has 1 unspecified atom stereocenters. The molecule has 1 N–H and O–H groups in total. The van der Waals surface area contributed by atoms with Crippen LogP contribution in [0.4, 0.5) is 11.4 Å². The molecule has 31 heavy (non-hydrogen) atoms. The summed E-state index contributed by atoms with van der Waals surface area (Å²) in [6, 6.07) is 18.8. The number of Topliss-reactive ketones (excluding diaryl/α,β-unsaturated/α-hetero) is 1. The molecule has 8 nitrogen and oxygen atoms in total. The number of nitro groups is 1. The van der Waals surface area contributed by atoms with E-state index < -0.39 is 16.9 Å². The molecule has 1 amide bonds. The molecule has 0 heterocycles. The first kappa shape index (κ1) is 21.5. The number of nitrogens with one attached hydrogen (secondary N) is 1. The van der Waals surface area contributed by atoms with Gasteiger partial charge < -0.3 is 14.8 Å². The summed E-state index contributed by atoms with van der Waals surface area (Å²) >= 11 is 0. The summed E-state index contributed by atoms with van der Waals surface area (Å²) in [4.78, 5) is 35.4. The minimum Gasteiger partial charge on any atom is -0.497 e. The second kappa shape index (κ2) is 9.53. The van der Waals surface area contributed by atoms with E-state index in [0.29, 0.717) is 22.7 Å². The van der Waals surface area contributed by atoms with Gasteiger partial charge in [0.2, 0.25) is 5.78 Å². The van der Waals surface area contributed by atoms with Gasteiger partial charge in [0, 0.05) is 17.3 Å². The zero-order valence-corrected chi connectivity index (χ0v) is 16.9. The summed E-state index contributed by atoms with van der Waals surface area (Å²) in [6.45, 7) is 1.65. The predicted octanol–water partition coefficient (Wildman–Crippen LogP) is 4.51. The predicted molar refractivity (Wildman–Crippen MR) is 115 cm³/mol. The van der Waals surface area contributed by atoms with Crippen LogP contribution in [0.3, 0.4) is 0 Å². The van der Waals surface area contributed by atoms with Crippen molar-refractivity contribution >= 4 is 23.1 Å².